The Labute approximate surface area is 145 Å². The van der Waals surface area contributed by atoms with Gasteiger partial charge in [0.05, 0.1) is 6.54 Å². The third-order valence-electron chi connectivity index (χ3n) is 4.15. The number of anilines is 1. The molecule has 128 valence electrons. The van der Waals surface area contributed by atoms with E-state index in [0.717, 1.165) is 18.5 Å². The summed E-state index contributed by atoms with van der Waals surface area (Å²) in [6.45, 7) is 2.81. The first kappa shape index (κ1) is 18.0. The number of nitrogens with one attached hydrogen (secondary N) is 1. The van der Waals surface area contributed by atoms with E-state index in [2.05, 4.69) is 72.6 Å². The van der Waals surface area contributed by atoms with Gasteiger partial charge in [-0.3, -0.25) is 4.99 Å². The molecule has 0 aliphatic rings. The van der Waals surface area contributed by atoms with Crippen LogP contribution in [-0.4, -0.2) is 37.5 Å². The fourth-order valence-corrected chi connectivity index (χ4v) is 2.51. The van der Waals surface area contributed by atoms with Crippen molar-refractivity contribution in [1.29, 1.82) is 0 Å². The molecule has 2 aromatic carbocycles. The second kappa shape index (κ2) is 9.08. The zero-order valence-electron chi connectivity index (χ0n) is 14.9. The van der Waals surface area contributed by atoms with Crippen LogP contribution in [0.15, 0.2) is 59.6 Å². The summed E-state index contributed by atoms with van der Waals surface area (Å²) in [5.41, 5.74) is 9.63. The Hall–Kier alpha value is -2.33. The van der Waals surface area contributed by atoms with Gasteiger partial charge in [0.2, 0.25) is 0 Å². The minimum atomic E-state index is 0.315. The van der Waals surface area contributed by atoms with Crippen LogP contribution in [0, 0.1) is 0 Å². The Balaban J connectivity index is 1.94. The molecule has 4 nitrogen and oxygen atoms in total. The largest absolute Gasteiger partial charge is 0.370 e. The van der Waals surface area contributed by atoms with E-state index >= 15 is 0 Å². The summed E-state index contributed by atoms with van der Waals surface area (Å²) < 4.78 is 0. The number of rotatable bonds is 7. The van der Waals surface area contributed by atoms with Gasteiger partial charge in [0, 0.05) is 11.7 Å². The van der Waals surface area contributed by atoms with Crippen LogP contribution in [-0.2, 0) is 12.8 Å². The highest BCUT2D eigenvalue weighted by Crippen LogP contribution is 2.10. The SMILES string of the molecule is CCc1ccc(NC(N)=NCC(Cc2ccccc2)N(C)C)cc1. The lowest BCUT2D eigenvalue weighted by Gasteiger charge is -2.23. The summed E-state index contributed by atoms with van der Waals surface area (Å²) >= 11 is 0. The van der Waals surface area contributed by atoms with E-state index in [1.807, 2.05) is 18.2 Å². The molecule has 0 aliphatic heterocycles. The molecular formula is C20H28N4. The summed E-state index contributed by atoms with van der Waals surface area (Å²) in [5, 5.41) is 3.16. The summed E-state index contributed by atoms with van der Waals surface area (Å²) in [4.78, 5) is 6.72. The van der Waals surface area contributed by atoms with Crippen molar-refractivity contribution < 1.29 is 0 Å². The van der Waals surface area contributed by atoms with Crippen molar-refractivity contribution in [2.24, 2.45) is 10.7 Å². The lowest BCUT2D eigenvalue weighted by Crippen LogP contribution is -2.34. The summed E-state index contributed by atoms with van der Waals surface area (Å²) in [7, 11) is 4.16. The van der Waals surface area contributed by atoms with Crippen LogP contribution in [0.5, 0.6) is 0 Å². The summed E-state index contributed by atoms with van der Waals surface area (Å²) in [6, 6.07) is 19.1. The number of guanidine groups is 1. The van der Waals surface area contributed by atoms with Gasteiger partial charge in [-0.1, -0.05) is 49.4 Å². The standard InChI is InChI=1S/C20H28N4/c1-4-16-10-12-18(13-11-16)23-20(21)22-15-19(24(2)3)14-17-8-6-5-7-9-17/h5-13,19H,4,14-15H2,1-3H3,(H3,21,22,23). The van der Waals surface area contributed by atoms with Gasteiger partial charge in [-0.2, -0.15) is 0 Å². The van der Waals surface area contributed by atoms with E-state index in [9.17, 15) is 0 Å². The molecular weight excluding hydrogens is 296 g/mol. The number of aliphatic imine (C=N–C) groups is 1. The van der Waals surface area contributed by atoms with Gasteiger partial charge >= 0.3 is 0 Å². The average molecular weight is 324 g/mol. The Kier molecular flexibility index (Phi) is 6.82. The van der Waals surface area contributed by atoms with Crippen LogP contribution >= 0.6 is 0 Å². The second-order valence-electron chi connectivity index (χ2n) is 6.21. The molecule has 0 saturated carbocycles. The van der Waals surface area contributed by atoms with Gasteiger partial charge in [0.25, 0.3) is 0 Å². The van der Waals surface area contributed by atoms with Gasteiger partial charge in [0.15, 0.2) is 5.96 Å². The van der Waals surface area contributed by atoms with E-state index < -0.39 is 0 Å². The van der Waals surface area contributed by atoms with Gasteiger partial charge in [-0.25, -0.2) is 0 Å². The molecule has 0 radical (unpaired) electrons. The van der Waals surface area contributed by atoms with Crippen molar-refractivity contribution in [3.8, 4) is 0 Å². The highest BCUT2D eigenvalue weighted by atomic mass is 15.1. The quantitative estimate of drug-likeness (QED) is 0.608. The molecule has 0 amide bonds. The van der Waals surface area contributed by atoms with Crippen molar-refractivity contribution in [3.05, 3.63) is 65.7 Å². The maximum absolute atomic E-state index is 6.04. The average Bonchev–Trinajstić information content (AvgIpc) is 2.60. The second-order valence-corrected chi connectivity index (χ2v) is 6.21. The first-order valence-corrected chi connectivity index (χ1v) is 8.44. The number of benzene rings is 2. The Morgan fingerprint density at radius 3 is 2.29 bits per heavy atom. The number of nitrogens with zero attached hydrogens (tertiary/aromatic N) is 2. The van der Waals surface area contributed by atoms with Crippen LogP contribution in [0.3, 0.4) is 0 Å². The van der Waals surface area contributed by atoms with E-state index in [-0.39, 0.29) is 0 Å². The van der Waals surface area contributed by atoms with E-state index in [4.69, 9.17) is 5.73 Å². The topological polar surface area (TPSA) is 53.6 Å². The third-order valence-corrected chi connectivity index (χ3v) is 4.15. The molecule has 24 heavy (non-hydrogen) atoms. The zero-order valence-corrected chi connectivity index (χ0v) is 14.9. The number of likely N-dealkylation sites (N-methyl/N-ethyl adjacent to an activating group) is 1. The molecule has 0 aliphatic carbocycles. The number of nitrogens with two attached hydrogens (primary N) is 1. The third kappa shape index (κ3) is 5.70. The predicted molar refractivity (Wildman–Crippen MR) is 104 cm³/mol. The van der Waals surface area contributed by atoms with Crippen LogP contribution in [0.4, 0.5) is 5.69 Å². The van der Waals surface area contributed by atoms with Crippen LogP contribution in [0.1, 0.15) is 18.1 Å². The molecule has 0 spiro atoms. The molecule has 0 saturated heterocycles. The molecule has 0 bridgehead atoms. The summed E-state index contributed by atoms with van der Waals surface area (Å²) in [5.74, 6) is 0.458. The molecule has 0 aromatic heterocycles. The van der Waals surface area contributed by atoms with Crippen molar-refractivity contribution in [2.75, 3.05) is 26.0 Å². The lowest BCUT2D eigenvalue weighted by molar-refractivity contribution is 0.298. The van der Waals surface area contributed by atoms with Crippen molar-refractivity contribution in [3.63, 3.8) is 0 Å². The lowest BCUT2D eigenvalue weighted by atomic mass is 10.1. The van der Waals surface area contributed by atoms with Crippen molar-refractivity contribution >= 4 is 11.6 Å². The normalized spacial score (nSPS) is 13.1. The van der Waals surface area contributed by atoms with Crippen LogP contribution < -0.4 is 11.1 Å². The van der Waals surface area contributed by atoms with Gasteiger partial charge in [-0.05, 0) is 50.2 Å². The maximum atomic E-state index is 6.04. The highest BCUT2D eigenvalue weighted by molar-refractivity contribution is 5.92. The van der Waals surface area contributed by atoms with Crippen LogP contribution in [0.25, 0.3) is 0 Å². The smallest absolute Gasteiger partial charge is 0.193 e. The minimum absolute atomic E-state index is 0.315. The summed E-state index contributed by atoms with van der Waals surface area (Å²) in [6.07, 6.45) is 1.99. The Morgan fingerprint density at radius 1 is 1.04 bits per heavy atom. The molecule has 3 N–H and O–H groups in total. The molecule has 1 atom stereocenters. The molecule has 1 unspecified atom stereocenters. The Morgan fingerprint density at radius 2 is 1.71 bits per heavy atom. The van der Waals surface area contributed by atoms with E-state index in [0.29, 0.717) is 18.5 Å². The van der Waals surface area contributed by atoms with Crippen molar-refractivity contribution in [2.45, 2.75) is 25.8 Å². The predicted octanol–water partition coefficient (Wildman–Crippen LogP) is 3.15. The number of hydrogen-bond donors (Lipinski definition) is 2. The van der Waals surface area contributed by atoms with E-state index in [1.165, 1.54) is 11.1 Å². The van der Waals surface area contributed by atoms with Gasteiger partial charge in [0.1, 0.15) is 0 Å². The Bertz CT molecular complexity index is 632. The van der Waals surface area contributed by atoms with Crippen molar-refractivity contribution in [1.82, 2.24) is 4.90 Å². The van der Waals surface area contributed by atoms with E-state index in [1.54, 1.807) is 0 Å². The fraction of sp³-hybridized carbons (Fsp3) is 0.350. The fourth-order valence-electron chi connectivity index (χ4n) is 2.51. The van der Waals surface area contributed by atoms with Gasteiger partial charge in [-0.15, -0.1) is 0 Å². The first-order chi connectivity index (χ1) is 11.6. The first-order valence-electron chi connectivity index (χ1n) is 8.44. The molecule has 4 heteroatoms. The van der Waals surface area contributed by atoms with Crippen LogP contribution in [0.2, 0.25) is 0 Å². The number of aryl methyl sites for hydroxylation is 1. The maximum Gasteiger partial charge on any atom is 0.193 e. The molecule has 0 fully saturated rings. The molecule has 0 heterocycles. The zero-order chi connectivity index (χ0) is 17.4. The molecule has 2 rings (SSSR count). The molecule has 2 aromatic rings. The monoisotopic (exact) mass is 324 g/mol. The number of hydrogen-bond acceptors (Lipinski definition) is 2. The van der Waals surface area contributed by atoms with Gasteiger partial charge < -0.3 is 16.0 Å². The highest BCUT2D eigenvalue weighted by Gasteiger charge is 2.11. The minimum Gasteiger partial charge on any atom is -0.370 e.